The number of rotatable bonds is 6. The molecule has 0 aliphatic heterocycles. The summed E-state index contributed by atoms with van der Waals surface area (Å²) in [4.78, 5) is 0. The molecule has 0 amide bonds. The van der Waals surface area contributed by atoms with E-state index in [4.69, 9.17) is 0 Å². The molecule has 2 aromatic carbocycles. The maximum absolute atomic E-state index is 10.9. The molecule has 0 saturated heterocycles. The molecule has 2 heteroatoms. The van der Waals surface area contributed by atoms with Crippen LogP contribution in [-0.2, 0) is 6.42 Å². The zero-order valence-corrected chi connectivity index (χ0v) is 13.6. The summed E-state index contributed by atoms with van der Waals surface area (Å²) < 4.78 is 0. The van der Waals surface area contributed by atoms with Gasteiger partial charge >= 0.3 is 0 Å². The van der Waals surface area contributed by atoms with Crippen molar-refractivity contribution in [3.63, 3.8) is 0 Å². The number of benzene rings is 2. The van der Waals surface area contributed by atoms with Crippen molar-refractivity contribution in [2.75, 3.05) is 6.54 Å². The number of fused-ring (bicyclic) bond motifs is 1. The minimum Gasteiger partial charge on any atom is -0.388 e. The second-order valence-electron chi connectivity index (χ2n) is 6.33. The Bertz CT molecular complexity index is 584. The van der Waals surface area contributed by atoms with Gasteiger partial charge in [0.05, 0.1) is 5.60 Å². The fraction of sp³-hybridized carbons (Fsp3) is 0.474. The molecule has 0 aliphatic carbocycles. The van der Waals surface area contributed by atoms with Gasteiger partial charge in [0.1, 0.15) is 0 Å². The fourth-order valence-corrected chi connectivity index (χ4v) is 2.82. The van der Waals surface area contributed by atoms with Crippen LogP contribution in [0.1, 0.15) is 33.3 Å². The van der Waals surface area contributed by atoms with Gasteiger partial charge in [-0.2, -0.15) is 0 Å². The van der Waals surface area contributed by atoms with Crippen molar-refractivity contribution < 1.29 is 5.11 Å². The number of likely N-dealkylation sites (N-methyl/N-ethyl adjacent to an activating group) is 1. The van der Waals surface area contributed by atoms with Gasteiger partial charge in [0.2, 0.25) is 0 Å². The first-order chi connectivity index (χ1) is 9.96. The van der Waals surface area contributed by atoms with Crippen LogP contribution < -0.4 is 5.32 Å². The van der Waals surface area contributed by atoms with E-state index < -0.39 is 5.60 Å². The molecule has 0 aromatic heterocycles. The van der Waals surface area contributed by atoms with Gasteiger partial charge in [0, 0.05) is 6.04 Å². The summed E-state index contributed by atoms with van der Waals surface area (Å²) in [6.07, 6.45) is 0.834. The molecule has 0 heterocycles. The summed E-state index contributed by atoms with van der Waals surface area (Å²) >= 11 is 0. The predicted octanol–water partition coefficient (Wildman–Crippen LogP) is 3.77. The predicted molar refractivity (Wildman–Crippen MR) is 90.6 cm³/mol. The highest BCUT2D eigenvalue weighted by Crippen LogP contribution is 2.26. The van der Waals surface area contributed by atoms with Crippen molar-refractivity contribution in [2.45, 2.75) is 45.8 Å². The Hall–Kier alpha value is -1.38. The first-order valence-corrected chi connectivity index (χ1v) is 7.89. The van der Waals surface area contributed by atoms with E-state index in [1.54, 1.807) is 0 Å². The zero-order chi connectivity index (χ0) is 15.5. The molecule has 0 bridgehead atoms. The molecular weight excluding hydrogens is 258 g/mol. The smallest absolute Gasteiger partial charge is 0.0797 e. The lowest BCUT2D eigenvalue weighted by molar-refractivity contribution is -0.0219. The van der Waals surface area contributed by atoms with E-state index in [0.717, 1.165) is 13.0 Å². The van der Waals surface area contributed by atoms with Crippen LogP contribution >= 0.6 is 0 Å². The van der Waals surface area contributed by atoms with E-state index in [-0.39, 0.29) is 12.0 Å². The molecule has 2 atom stereocenters. The van der Waals surface area contributed by atoms with Gasteiger partial charge in [-0.15, -0.1) is 0 Å². The molecule has 1 unspecified atom stereocenters. The van der Waals surface area contributed by atoms with E-state index in [1.165, 1.54) is 16.3 Å². The van der Waals surface area contributed by atoms with Crippen molar-refractivity contribution in [1.82, 2.24) is 5.32 Å². The van der Waals surface area contributed by atoms with Crippen LogP contribution in [0.4, 0.5) is 0 Å². The Morgan fingerprint density at radius 2 is 1.76 bits per heavy atom. The zero-order valence-electron chi connectivity index (χ0n) is 13.6. The summed E-state index contributed by atoms with van der Waals surface area (Å²) in [6.45, 7) is 9.04. The first kappa shape index (κ1) is 16.0. The highest BCUT2D eigenvalue weighted by atomic mass is 16.3. The average molecular weight is 285 g/mol. The monoisotopic (exact) mass is 285 g/mol. The SMILES string of the molecule is CCN[C@@H](Cc1cccc2ccccc12)C(C)(O)C(C)C. The Kier molecular flexibility index (Phi) is 5.02. The van der Waals surface area contributed by atoms with E-state index in [1.807, 2.05) is 6.92 Å². The molecule has 0 aliphatic rings. The highest BCUT2D eigenvalue weighted by molar-refractivity contribution is 5.85. The van der Waals surface area contributed by atoms with E-state index >= 15 is 0 Å². The molecular formula is C19H27NO. The third-order valence-corrected chi connectivity index (χ3v) is 4.63. The summed E-state index contributed by atoms with van der Waals surface area (Å²) in [5.41, 5.74) is 0.562. The summed E-state index contributed by atoms with van der Waals surface area (Å²) in [5.74, 6) is 0.205. The lowest BCUT2D eigenvalue weighted by atomic mass is 9.81. The maximum Gasteiger partial charge on any atom is 0.0797 e. The van der Waals surface area contributed by atoms with Crippen molar-refractivity contribution in [3.05, 3.63) is 48.0 Å². The van der Waals surface area contributed by atoms with Crippen molar-refractivity contribution in [1.29, 1.82) is 0 Å². The van der Waals surface area contributed by atoms with E-state index in [9.17, 15) is 5.11 Å². The first-order valence-electron chi connectivity index (χ1n) is 7.89. The summed E-state index contributed by atoms with van der Waals surface area (Å²) in [7, 11) is 0. The molecule has 114 valence electrons. The van der Waals surface area contributed by atoms with Crippen molar-refractivity contribution >= 4 is 10.8 Å². The lowest BCUT2D eigenvalue weighted by Gasteiger charge is -2.37. The number of hydrogen-bond donors (Lipinski definition) is 2. The van der Waals surface area contributed by atoms with Crippen LogP contribution in [0.2, 0.25) is 0 Å². The van der Waals surface area contributed by atoms with Crippen molar-refractivity contribution in [3.8, 4) is 0 Å². The minimum absolute atomic E-state index is 0.0494. The van der Waals surface area contributed by atoms with Crippen LogP contribution in [-0.4, -0.2) is 23.3 Å². The molecule has 0 spiro atoms. The Morgan fingerprint density at radius 3 is 2.43 bits per heavy atom. The maximum atomic E-state index is 10.9. The van der Waals surface area contributed by atoms with Gasteiger partial charge < -0.3 is 10.4 Å². The van der Waals surface area contributed by atoms with Crippen LogP contribution in [0.3, 0.4) is 0 Å². The second kappa shape index (κ2) is 6.59. The number of hydrogen-bond acceptors (Lipinski definition) is 2. The fourth-order valence-electron chi connectivity index (χ4n) is 2.82. The Labute approximate surface area is 128 Å². The van der Waals surface area contributed by atoms with Crippen LogP contribution in [0.15, 0.2) is 42.5 Å². The van der Waals surface area contributed by atoms with Gasteiger partial charge in [-0.05, 0) is 42.1 Å². The molecule has 0 radical (unpaired) electrons. The standard InChI is InChI=1S/C19H27NO/c1-5-20-18(19(4,21)14(2)3)13-16-11-8-10-15-9-6-7-12-17(15)16/h6-12,14,18,20-21H,5,13H2,1-4H3/t18-,19?/m0/s1. The second-order valence-corrected chi connectivity index (χ2v) is 6.33. The summed E-state index contributed by atoms with van der Waals surface area (Å²) in [5, 5.41) is 16.9. The van der Waals surface area contributed by atoms with Crippen LogP contribution in [0, 0.1) is 5.92 Å². The molecule has 0 fully saturated rings. The van der Waals surface area contributed by atoms with Crippen molar-refractivity contribution in [2.24, 2.45) is 5.92 Å². The molecule has 2 nitrogen and oxygen atoms in total. The number of aliphatic hydroxyl groups is 1. The lowest BCUT2D eigenvalue weighted by Crippen LogP contribution is -2.53. The third kappa shape index (κ3) is 3.45. The van der Waals surface area contributed by atoms with Gasteiger partial charge in [-0.1, -0.05) is 63.2 Å². The largest absolute Gasteiger partial charge is 0.388 e. The molecule has 2 N–H and O–H groups in total. The molecule has 2 aromatic rings. The van der Waals surface area contributed by atoms with E-state index in [0.29, 0.717) is 0 Å². The van der Waals surface area contributed by atoms with Crippen LogP contribution in [0.5, 0.6) is 0 Å². The Balaban J connectivity index is 2.35. The van der Waals surface area contributed by atoms with Gasteiger partial charge in [-0.3, -0.25) is 0 Å². The highest BCUT2D eigenvalue weighted by Gasteiger charge is 2.34. The normalized spacial score (nSPS) is 16.1. The molecule has 2 rings (SSSR count). The number of nitrogens with one attached hydrogen (secondary N) is 1. The topological polar surface area (TPSA) is 32.3 Å². The van der Waals surface area contributed by atoms with Crippen LogP contribution in [0.25, 0.3) is 10.8 Å². The average Bonchev–Trinajstić information content (AvgIpc) is 2.47. The Morgan fingerprint density at radius 1 is 1.10 bits per heavy atom. The molecule has 21 heavy (non-hydrogen) atoms. The van der Waals surface area contributed by atoms with Gasteiger partial charge in [-0.25, -0.2) is 0 Å². The quantitative estimate of drug-likeness (QED) is 0.847. The third-order valence-electron chi connectivity index (χ3n) is 4.63. The summed E-state index contributed by atoms with van der Waals surface area (Å²) in [6, 6.07) is 14.9. The van der Waals surface area contributed by atoms with Gasteiger partial charge in [0.25, 0.3) is 0 Å². The molecule has 0 saturated carbocycles. The van der Waals surface area contributed by atoms with Gasteiger partial charge in [0.15, 0.2) is 0 Å². The minimum atomic E-state index is -0.729. The van der Waals surface area contributed by atoms with E-state index in [2.05, 4.69) is 68.6 Å².